The summed E-state index contributed by atoms with van der Waals surface area (Å²) in [6, 6.07) is 12.0. The van der Waals surface area contributed by atoms with E-state index in [-0.39, 0.29) is 6.61 Å². The van der Waals surface area contributed by atoms with Crippen LogP contribution in [-0.2, 0) is 16.1 Å². The van der Waals surface area contributed by atoms with E-state index < -0.39 is 18.1 Å². The zero-order valence-corrected chi connectivity index (χ0v) is 12.3. The number of esters is 1. The van der Waals surface area contributed by atoms with Crippen molar-refractivity contribution in [1.82, 2.24) is 5.32 Å². The number of amides is 1. The Hall–Kier alpha value is -2.34. The minimum Gasteiger partial charge on any atom is -0.445 e. The Labute approximate surface area is 126 Å². The van der Waals surface area contributed by atoms with Gasteiger partial charge in [0.05, 0.1) is 0 Å². The van der Waals surface area contributed by atoms with E-state index in [1.807, 2.05) is 30.3 Å². The SMILES string of the molecule is C[C@H](NC(=O)OCc1ccccc1)C(=O)Oc1cccs1. The summed E-state index contributed by atoms with van der Waals surface area (Å²) in [6.07, 6.45) is -0.658. The molecule has 110 valence electrons. The van der Waals surface area contributed by atoms with Crippen molar-refractivity contribution < 1.29 is 19.1 Å². The summed E-state index contributed by atoms with van der Waals surface area (Å²) >= 11 is 1.31. The monoisotopic (exact) mass is 305 g/mol. The molecule has 21 heavy (non-hydrogen) atoms. The summed E-state index contributed by atoms with van der Waals surface area (Å²) in [5.41, 5.74) is 0.876. The number of alkyl carbamates (subject to hydrolysis) is 1. The summed E-state index contributed by atoms with van der Waals surface area (Å²) in [4.78, 5) is 23.3. The predicted molar refractivity (Wildman–Crippen MR) is 79.2 cm³/mol. The highest BCUT2D eigenvalue weighted by atomic mass is 32.1. The van der Waals surface area contributed by atoms with Crippen molar-refractivity contribution in [3.63, 3.8) is 0 Å². The molecule has 1 amide bonds. The maximum Gasteiger partial charge on any atom is 0.408 e. The van der Waals surface area contributed by atoms with E-state index in [1.165, 1.54) is 11.3 Å². The van der Waals surface area contributed by atoms with Crippen molar-refractivity contribution in [1.29, 1.82) is 0 Å². The molecule has 0 aliphatic heterocycles. The number of carbonyl (C=O) groups excluding carboxylic acids is 2. The molecule has 0 radical (unpaired) electrons. The summed E-state index contributed by atoms with van der Waals surface area (Å²) in [6.45, 7) is 1.69. The number of carbonyl (C=O) groups is 2. The lowest BCUT2D eigenvalue weighted by molar-refractivity contribution is -0.135. The first-order valence-electron chi connectivity index (χ1n) is 6.37. The highest BCUT2D eigenvalue weighted by Gasteiger charge is 2.18. The molecule has 0 saturated carbocycles. The lowest BCUT2D eigenvalue weighted by Gasteiger charge is -2.12. The number of hydrogen-bond acceptors (Lipinski definition) is 5. The highest BCUT2D eigenvalue weighted by molar-refractivity contribution is 7.11. The van der Waals surface area contributed by atoms with Gasteiger partial charge in [-0.05, 0) is 30.0 Å². The molecule has 0 aliphatic rings. The molecule has 2 rings (SSSR count). The third kappa shape index (κ3) is 4.92. The molecule has 5 nitrogen and oxygen atoms in total. The van der Waals surface area contributed by atoms with Gasteiger partial charge in [-0.15, -0.1) is 11.3 Å². The number of rotatable bonds is 5. The Balaban J connectivity index is 1.75. The van der Waals surface area contributed by atoms with Crippen LogP contribution >= 0.6 is 11.3 Å². The second-order valence-corrected chi connectivity index (χ2v) is 5.19. The van der Waals surface area contributed by atoms with Gasteiger partial charge < -0.3 is 14.8 Å². The average Bonchev–Trinajstić information content (AvgIpc) is 2.99. The molecule has 0 fully saturated rings. The molecule has 1 heterocycles. The van der Waals surface area contributed by atoms with Gasteiger partial charge in [0.15, 0.2) is 5.06 Å². The van der Waals surface area contributed by atoms with Gasteiger partial charge in [0.1, 0.15) is 12.6 Å². The summed E-state index contributed by atoms with van der Waals surface area (Å²) in [5, 5.41) is 4.72. The molecule has 1 N–H and O–H groups in total. The lowest BCUT2D eigenvalue weighted by Crippen LogP contribution is -2.40. The fourth-order valence-electron chi connectivity index (χ4n) is 1.51. The number of nitrogens with one attached hydrogen (secondary N) is 1. The van der Waals surface area contributed by atoms with Crippen LogP contribution in [0.25, 0.3) is 0 Å². The van der Waals surface area contributed by atoms with Gasteiger partial charge >= 0.3 is 12.1 Å². The number of ether oxygens (including phenoxy) is 2. The van der Waals surface area contributed by atoms with E-state index in [0.29, 0.717) is 5.06 Å². The summed E-state index contributed by atoms with van der Waals surface area (Å²) in [5.74, 6) is -0.533. The van der Waals surface area contributed by atoms with Gasteiger partial charge in [0.2, 0.25) is 0 Å². The van der Waals surface area contributed by atoms with Gasteiger partial charge in [0, 0.05) is 0 Å². The van der Waals surface area contributed by atoms with Gasteiger partial charge in [-0.25, -0.2) is 9.59 Å². The third-order valence-electron chi connectivity index (χ3n) is 2.60. The van der Waals surface area contributed by atoms with Crippen LogP contribution < -0.4 is 10.1 Å². The van der Waals surface area contributed by atoms with Crippen molar-refractivity contribution in [3.05, 3.63) is 53.4 Å². The van der Waals surface area contributed by atoms with E-state index in [4.69, 9.17) is 9.47 Å². The Morgan fingerprint density at radius 3 is 2.62 bits per heavy atom. The first kappa shape index (κ1) is 15.1. The van der Waals surface area contributed by atoms with Gasteiger partial charge in [-0.1, -0.05) is 30.3 Å². The zero-order valence-electron chi connectivity index (χ0n) is 11.4. The first-order chi connectivity index (χ1) is 10.1. The molecule has 1 aromatic heterocycles. The smallest absolute Gasteiger partial charge is 0.408 e. The molecular formula is C15H15NO4S. The zero-order chi connectivity index (χ0) is 15.1. The van der Waals surface area contributed by atoms with Crippen LogP contribution in [0.3, 0.4) is 0 Å². The van der Waals surface area contributed by atoms with Crippen LogP contribution in [0, 0.1) is 0 Å². The van der Waals surface area contributed by atoms with Crippen LogP contribution in [0.4, 0.5) is 4.79 Å². The third-order valence-corrected chi connectivity index (χ3v) is 3.34. The molecule has 6 heteroatoms. The number of hydrogen-bond donors (Lipinski definition) is 1. The Kier molecular flexibility index (Phi) is 5.34. The van der Waals surface area contributed by atoms with E-state index >= 15 is 0 Å². The molecule has 0 bridgehead atoms. The molecule has 1 aromatic carbocycles. The Morgan fingerprint density at radius 1 is 1.19 bits per heavy atom. The fourth-order valence-corrected chi connectivity index (χ4v) is 2.09. The minimum absolute atomic E-state index is 0.152. The molecule has 0 unspecified atom stereocenters. The minimum atomic E-state index is -0.782. The Morgan fingerprint density at radius 2 is 1.95 bits per heavy atom. The summed E-state index contributed by atoms with van der Waals surface area (Å²) in [7, 11) is 0. The van der Waals surface area contributed by atoms with Crippen LogP contribution in [0.5, 0.6) is 5.06 Å². The maximum atomic E-state index is 11.7. The number of benzene rings is 1. The van der Waals surface area contributed by atoms with E-state index in [2.05, 4.69) is 5.32 Å². The second kappa shape index (κ2) is 7.44. The predicted octanol–water partition coefficient (Wildman–Crippen LogP) is 2.97. The molecule has 1 atom stereocenters. The van der Waals surface area contributed by atoms with Crippen LogP contribution in [-0.4, -0.2) is 18.1 Å². The summed E-state index contributed by atoms with van der Waals surface area (Å²) < 4.78 is 10.1. The van der Waals surface area contributed by atoms with Crippen molar-refractivity contribution >= 4 is 23.4 Å². The Bertz CT molecular complexity index is 583. The van der Waals surface area contributed by atoms with Gasteiger partial charge in [-0.3, -0.25) is 0 Å². The molecular weight excluding hydrogens is 290 g/mol. The average molecular weight is 305 g/mol. The van der Waals surface area contributed by atoms with Gasteiger partial charge in [-0.2, -0.15) is 0 Å². The largest absolute Gasteiger partial charge is 0.445 e. The fraction of sp³-hybridized carbons (Fsp3) is 0.200. The maximum absolute atomic E-state index is 11.7. The molecule has 0 spiro atoms. The van der Waals surface area contributed by atoms with Gasteiger partial charge in [0.25, 0.3) is 0 Å². The molecule has 0 aliphatic carbocycles. The lowest BCUT2D eigenvalue weighted by atomic mass is 10.2. The van der Waals surface area contributed by atoms with E-state index in [0.717, 1.165) is 5.56 Å². The van der Waals surface area contributed by atoms with Crippen molar-refractivity contribution in [2.75, 3.05) is 0 Å². The topological polar surface area (TPSA) is 64.6 Å². The first-order valence-corrected chi connectivity index (χ1v) is 7.25. The normalized spacial score (nSPS) is 11.5. The molecule has 2 aromatic rings. The van der Waals surface area contributed by atoms with Crippen molar-refractivity contribution in [3.8, 4) is 5.06 Å². The van der Waals surface area contributed by atoms with E-state index in [9.17, 15) is 9.59 Å². The van der Waals surface area contributed by atoms with Crippen LogP contribution in [0.15, 0.2) is 47.8 Å². The quantitative estimate of drug-likeness (QED) is 0.863. The number of thiophene rings is 1. The van der Waals surface area contributed by atoms with Crippen molar-refractivity contribution in [2.24, 2.45) is 0 Å². The second-order valence-electron chi connectivity index (χ2n) is 4.28. The van der Waals surface area contributed by atoms with Crippen LogP contribution in [0.1, 0.15) is 12.5 Å². The van der Waals surface area contributed by atoms with Crippen LogP contribution in [0.2, 0.25) is 0 Å². The van der Waals surface area contributed by atoms with Crippen molar-refractivity contribution in [2.45, 2.75) is 19.6 Å². The molecule has 0 saturated heterocycles. The standard InChI is InChI=1S/C15H15NO4S/c1-11(14(17)20-13-8-5-9-21-13)16-15(18)19-10-12-6-3-2-4-7-12/h2-9,11H,10H2,1H3,(H,16,18)/t11-/m0/s1. The highest BCUT2D eigenvalue weighted by Crippen LogP contribution is 2.18. The van der Waals surface area contributed by atoms with E-state index in [1.54, 1.807) is 24.4 Å².